The predicted molar refractivity (Wildman–Crippen MR) is 91.4 cm³/mol. The first-order valence-corrected chi connectivity index (χ1v) is 8.93. The molecule has 1 N–H and O–H groups in total. The molecule has 2 unspecified atom stereocenters. The molecule has 0 radical (unpaired) electrons. The maximum atomic E-state index is 12.4. The van der Waals surface area contributed by atoms with Gasteiger partial charge in [0.05, 0.1) is 16.8 Å². The van der Waals surface area contributed by atoms with Crippen molar-refractivity contribution in [2.75, 3.05) is 18.8 Å². The highest BCUT2D eigenvalue weighted by Crippen LogP contribution is 2.24. The minimum atomic E-state index is 0.196. The largest absolute Gasteiger partial charge is 0.341 e. The van der Waals surface area contributed by atoms with E-state index in [0.29, 0.717) is 22.6 Å². The van der Waals surface area contributed by atoms with Gasteiger partial charge < -0.3 is 9.88 Å². The third-order valence-corrected chi connectivity index (χ3v) is 5.07. The highest BCUT2D eigenvalue weighted by Gasteiger charge is 2.25. The first kappa shape index (κ1) is 15.7. The first-order valence-electron chi connectivity index (χ1n) is 7.57. The second-order valence-electron chi connectivity index (χ2n) is 6.24. The van der Waals surface area contributed by atoms with Gasteiger partial charge in [0.25, 0.3) is 0 Å². The van der Waals surface area contributed by atoms with Crippen LogP contribution in [0.5, 0.6) is 0 Å². The lowest BCUT2D eigenvalue weighted by atomic mass is 9.92. The van der Waals surface area contributed by atoms with Crippen LogP contribution in [-0.2, 0) is 4.79 Å². The lowest BCUT2D eigenvalue weighted by Gasteiger charge is -2.34. The summed E-state index contributed by atoms with van der Waals surface area (Å²) in [5.41, 5.74) is 1.78. The molecule has 1 saturated heterocycles. The lowest BCUT2D eigenvalue weighted by Crippen LogP contribution is -2.43. The molecule has 1 aromatic carbocycles. The Morgan fingerprint density at radius 1 is 1.41 bits per heavy atom. The third kappa shape index (κ3) is 3.58. The number of carbonyl (C=O) groups excluding carboxylic acids is 1. The molecular formula is C16H20ClN3OS. The minimum absolute atomic E-state index is 0.196. The van der Waals surface area contributed by atoms with Crippen molar-refractivity contribution < 1.29 is 4.79 Å². The van der Waals surface area contributed by atoms with E-state index in [4.69, 9.17) is 11.6 Å². The fraction of sp³-hybridized carbons (Fsp3) is 0.500. The van der Waals surface area contributed by atoms with Gasteiger partial charge in [-0.1, -0.05) is 37.2 Å². The number of likely N-dealkylation sites (tertiary alicyclic amines) is 1. The number of nitrogens with zero attached hydrogens (tertiary/aromatic N) is 2. The molecule has 1 fully saturated rings. The Hall–Kier alpha value is -1.20. The molecule has 2 atom stereocenters. The summed E-state index contributed by atoms with van der Waals surface area (Å²) in [6.45, 7) is 6.18. The van der Waals surface area contributed by atoms with Crippen molar-refractivity contribution in [3.63, 3.8) is 0 Å². The highest BCUT2D eigenvalue weighted by atomic mass is 35.5. The maximum Gasteiger partial charge on any atom is 0.233 e. The number of thioether (sulfide) groups is 1. The summed E-state index contributed by atoms with van der Waals surface area (Å²) in [7, 11) is 0. The van der Waals surface area contributed by atoms with Crippen LogP contribution in [0.4, 0.5) is 0 Å². The number of aromatic nitrogens is 2. The number of hydrogen-bond acceptors (Lipinski definition) is 3. The average Bonchev–Trinajstić information content (AvgIpc) is 2.85. The van der Waals surface area contributed by atoms with Crippen molar-refractivity contribution in [1.82, 2.24) is 14.9 Å². The summed E-state index contributed by atoms with van der Waals surface area (Å²) < 4.78 is 0. The Morgan fingerprint density at radius 3 is 2.86 bits per heavy atom. The fourth-order valence-corrected chi connectivity index (χ4v) is 4.07. The van der Waals surface area contributed by atoms with Crippen LogP contribution >= 0.6 is 23.4 Å². The number of nitrogens with one attached hydrogen (secondary N) is 1. The van der Waals surface area contributed by atoms with Crippen LogP contribution in [-0.4, -0.2) is 39.6 Å². The number of hydrogen-bond donors (Lipinski definition) is 1. The number of halogens is 1. The average molecular weight is 338 g/mol. The molecule has 1 aliphatic rings. The Kier molecular flexibility index (Phi) is 4.64. The zero-order chi connectivity index (χ0) is 15.7. The molecular weight excluding hydrogens is 318 g/mol. The summed E-state index contributed by atoms with van der Waals surface area (Å²) in [6.07, 6.45) is 1.21. The van der Waals surface area contributed by atoms with Gasteiger partial charge in [0.1, 0.15) is 0 Å². The number of piperidine rings is 1. The SMILES string of the molecule is CC1CC(C)CN(C(=O)CSc2nc3ccc(Cl)cc3[nH]2)C1. The van der Waals surface area contributed by atoms with E-state index in [2.05, 4.69) is 23.8 Å². The number of H-pyrrole nitrogens is 1. The van der Waals surface area contributed by atoms with Crippen LogP contribution < -0.4 is 0 Å². The van der Waals surface area contributed by atoms with Gasteiger partial charge in [-0.05, 0) is 36.5 Å². The number of benzene rings is 1. The molecule has 22 heavy (non-hydrogen) atoms. The number of fused-ring (bicyclic) bond motifs is 1. The Balaban J connectivity index is 1.62. The van der Waals surface area contributed by atoms with Crippen molar-refractivity contribution in [3.8, 4) is 0 Å². The van der Waals surface area contributed by atoms with Gasteiger partial charge in [0, 0.05) is 18.1 Å². The van der Waals surface area contributed by atoms with E-state index < -0.39 is 0 Å². The van der Waals surface area contributed by atoms with E-state index in [0.717, 1.165) is 29.3 Å². The fourth-order valence-electron chi connectivity index (χ4n) is 3.11. The molecule has 0 saturated carbocycles. The van der Waals surface area contributed by atoms with E-state index in [-0.39, 0.29) is 5.91 Å². The predicted octanol–water partition coefficient (Wildman–Crippen LogP) is 3.81. The third-order valence-electron chi connectivity index (χ3n) is 3.98. The monoisotopic (exact) mass is 337 g/mol. The topological polar surface area (TPSA) is 49.0 Å². The molecule has 6 heteroatoms. The van der Waals surface area contributed by atoms with Crippen molar-refractivity contribution >= 4 is 40.3 Å². The van der Waals surface area contributed by atoms with Crippen molar-refractivity contribution in [2.24, 2.45) is 11.8 Å². The molecule has 4 nitrogen and oxygen atoms in total. The molecule has 2 aromatic rings. The van der Waals surface area contributed by atoms with Crippen molar-refractivity contribution in [2.45, 2.75) is 25.4 Å². The second kappa shape index (κ2) is 6.50. The smallest absolute Gasteiger partial charge is 0.233 e. The number of aromatic amines is 1. The van der Waals surface area contributed by atoms with Crippen LogP contribution in [0.2, 0.25) is 5.02 Å². The first-order chi connectivity index (χ1) is 10.5. The van der Waals surface area contributed by atoms with Crippen LogP contribution in [0.25, 0.3) is 11.0 Å². The van der Waals surface area contributed by atoms with Crippen LogP contribution in [0, 0.1) is 11.8 Å². The lowest BCUT2D eigenvalue weighted by molar-refractivity contribution is -0.130. The molecule has 118 valence electrons. The highest BCUT2D eigenvalue weighted by molar-refractivity contribution is 7.99. The van der Waals surface area contributed by atoms with E-state index in [1.807, 2.05) is 23.1 Å². The van der Waals surface area contributed by atoms with Gasteiger partial charge in [-0.25, -0.2) is 4.98 Å². The molecule has 0 aliphatic carbocycles. The van der Waals surface area contributed by atoms with Gasteiger partial charge in [0.2, 0.25) is 5.91 Å². The Labute approximate surface area is 139 Å². The summed E-state index contributed by atoms with van der Waals surface area (Å²) in [5.74, 6) is 1.80. The molecule has 2 heterocycles. The van der Waals surface area contributed by atoms with Crippen LogP contribution in [0.3, 0.4) is 0 Å². The van der Waals surface area contributed by atoms with Gasteiger partial charge in [-0.2, -0.15) is 0 Å². The number of rotatable bonds is 3. The van der Waals surface area contributed by atoms with Crippen molar-refractivity contribution in [3.05, 3.63) is 23.2 Å². The van der Waals surface area contributed by atoms with Gasteiger partial charge in [-0.3, -0.25) is 4.79 Å². The second-order valence-corrected chi connectivity index (χ2v) is 7.64. The zero-order valence-corrected chi connectivity index (χ0v) is 14.4. The summed E-state index contributed by atoms with van der Waals surface area (Å²) in [4.78, 5) is 22.1. The van der Waals surface area contributed by atoms with Crippen LogP contribution in [0.1, 0.15) is 20.3 Å². The van der Waals surface area contributed by atoms with Gasteiger partial charge in [-0.15, -0.1) is 0 Å². The molecule has 1 aromatic heterocycles. The Morgan fingerprint density at radius 2 is 2.14 bits per heavy atom. The summed E-state index contributed by atoms with van der Waals surface area (Å²) >= 11 is 7.42. The summed E-state index contributed by atoms with van der Waals surface area (Å²) in [5, 5.41) is 1.45. The maximum absolute atomic E-state index is 12.4. The normalized spacial score (nSPS) is 22.2. The standard InChI is InChI=1S/C16H20ClN3OS/c1-10-5-11(2)8-20(7-10)15(21)9-22-16-18-13-4-3-12(17)6-14(13)19-16/h3-4,6,10-11H,5,7-9H2,1-2H3,(H,18,19). The zero-order valence-electron chi connectivity index (χ0n) is 12.8. The van der Waals surface area contributed by atoms with Gasteiger partial charge >= 0.3 is 0 Å². The minimum Gasteiger partial charge on any atom is -0.341 e. The van der Waals surface area contributed by atoms with E-state index in [1.54, 1.807) is 0 Å². The molecule has 3 rings (SSSR count). The molecule has 0 bridgehead atoms. The molecule has 1 aliphatic heterocycles. The van der Waals surface area contributed by atoms with E-state index >= 15 is 0 Å². The number of imidazole rings is 1. The van der Waals surface area contributed by atoms with E-state index in [9.17, 15) is 4.79 Å². The number of carbonyl (C=O) groups is 1. The summed E-state index contributed by atoms with van der Waals surface area (Å²) in [6, 6.07) is 5.55. The number of amides is 1. The Bertz CT molecular complexity index is 677. The van der Waals surface area contributed by atoms with Crippen LogP contribution in [0.15, 0.2) is 23.4 Å². The molecule has 1 amide bonds. The quantitative estimate of drug-likeness (QED) is 0.866. The van der Waals surface area contributed by atoms with E-state index in [1.165, 1.54) is 18.2 Å². The van der Waals surface area contributed by atoms with Gasteiger partial charge in [0.15, 0.2) is 5.16 Å². The van der Waals surface area contributed by atoms with Crippen molar-refractivity contribution in [1.29, 1.82) is 0 Å². The molecule has 0 spiro atoms.